The summed E-state index contributed by atoms with van der Waals surface area (Å²) < 4.78 is 0. The molecule has 1 saturated carbocycles. The first-order valence-electron chi connectivity index (χ1n) is 9.74. The maximum absolute atomic E-state index is 12.9. The molecule has 2 aromatic carbocycles. The van der Waals surface area contributed by atoms with Crippen molar-refractivity contribution in [3.8, 4) is 16.9 Å². The largest absolute Gasteiger partial charge is 0.506 e. The molecule has 0 spiro atoms. The summed E-state index contributed by atoms with van der Waals surface area (Å²) in [6.45, 7) is 5.83. The number of Topliss-reactive ketones (excluding diaryl/α,β-unsaturated/α-hetero) is 1. The monoisotopic (exact) mass is 394 g/mol. The zero-order chi connectivity index (χ0) is 19.8. The summed E-state index contributed by atoms with van der Waals surface area (Å²) in [5.41, 5.74) is 4.44. The van der Waals surface area contributed by atoms with Crippen LogP contribution in [-0.4, -0.2) is 29.0 Å². The van der Waals surface area contributed by atoms with E-state index in [1.54, 1.807) is 18.3 Å². The number of benzene rings is 2. The summed E-state index contributed by atoms with van der Waals surface area (Å²) in [7, 11) is 0. The molecule has 1 N–H and O–H groups in total. The van der Waals surface area contributed by atoms with Crippen molar-refractivity contribution in [2.45, 2.75) is 26.7 Å². The Bertz CT molecular complexity index is 1060. The molecule has 0 amide bonds. The smallest absolute Gasteiger partial charge is 0.169 e. The maximum atomic E-state index is 12.9. The molecule has 5 heteroatoms. The number of phenolic OH excluding ortho intramolecular Hbond substituents is 1. The molecule has 1 heterocycles. The minimum Gasteiger partial charge on any atom is -0.506 e. The van der Waals surface area contributed by atoms with Gasteiger partial charge in [0.15, 0.2) is 5.78 Å². The van der Waals surface area contributed by atoms with Crippen molar-refractivity contribution in [3.63, 3.8) is 0 Å². The van der Waals surface area contributed by atoms with Crippen LogP contribution >= 0.6 is 11.6 Å². The van der Waals surface area contributed by atoms with Crippen LogP contribution in [0.2, 0.25) is 5.02 Å². The van der Waals surface area contributed by atoms with Crippen LogP contribution in [0.5, 0.6) is 5.75 Å². The van der Waals surface area contributed by atoms with Crippen LogP contribution in [0.1, 0.15) is 37.0 Å². The molecule has 1 fully saturated rings. The number of fused-ring (bicyclic) bond motifs is 1. The predicted molar refractivity (Wildman–Crippen MR) is 114 cm³/mol. The Morgan fingerprint density at radius 3 is 2.46 bits per heavy atom. The minimum absolute atomic E-state index is 0.0639. The van der Waals surface area contributed by atoms with E-state index in [4.69, 9.17) is 11.6 Å². The summed E-state index contributed by atoms with van der Waals surface area (Å²) in [6.07, 6.45) is 3.69. The second kappa shape index (κ2) is 7.44. The number of phenols is 1. The minimum atomic E-state index is 0.0639. The van der Waals surface area contributed by atoms with Gasteiger partial charge in [-0.25, -0.2) is 0 Å². The molecule has 0 aliphatic heterocycles. The van der Waals surface area contributed by atoms with Gasteiger partial charge in [0, 0.05) is 30.6 Å². The van der Waals surface area contributed by atoms with Crippen molar-refractivity contribution in [2.24, 2.45) is 5.92 Å². The first-order chi connectivity index (χ1) is 13.5. The highest BCUT2D eigenvalue weighted by molar-refractivity contribution is 6.32. The van der Waals surface area contributed by atoms with E-state index in [2.05, 4.69) is 29.8 Å². The van der Waals surface area contributed by atoms with E-state index in [-0.39, 0.29) is 17.5 Å². The van der Waals surface area contributed by atoms with Crippen molar-refractivity contribution < 1.29 is 9.90 Å². The average molecular weight is 395 g/mol. The van der Waals surface area contributed by atoms with Gasteiger partial charge in [-0.05, 0) is 62.1 Å². The predicted octanol–water partition coefficient (Wildman–Crippen LogP) is 5.70. The molecule has 1 aromatic heterocycles. The summed E-state index contributed by atoms with van der Waals surface area (Å²) >= 11 is 6.10. The molecule has 144 valence electrons. The van der Waals surface area contributed by atoms with Crippen LogP contribution in [0.25, 0.3) is 22.0 Å². The highest BCUT2D eigenvalue weighted by atomic mass is 35.5. The Hall–Kier alpha value is -2.59. The van der Waals surface area contributed by atoms with E-state index < -0.39 is 0 Å². The number of aromatic hydroxyl groups is 1. The van der Waals surface area contributed by atoms with Gasteiger partial charge in [0.25, 0.3) is 0 Å². The third-order valence-corrected chi connectivity index (χ3v) is 5.72. The van der Waals surface area contributed by atoms with Gasteiger partial charge in [0.05, 0.1) is 21.8 Å². The number of nitrogens with zero attached hydrogens (tertiary/aromatic N) is 2. The molecule has 4 rings (SSSR count). The number of carbonyl (C=O) groups is 1. The van der Waals surface area contributed by atoms with Crippen LogP contribution in [0.3, 0.4) is 0 Å². The molecular weight excluding hydrogens is 372 g/mol. The zero-order valence-corrected chi connectivity index (χ0v) is 16.8. The van der Waals surface area contributed by atoms with Gasteiger partial charge in [0.1, 0.15) is 5.75 Å². The lowest BCUT2D eigenvalue weighted by atomic mass is 9.98. The lowest BCUT2D eigenvalue weighted by Gasteiger charge is -2.25. The van der Waals surface area contributed by atoms with Crippen molar-refractivity contribution in [1.82, 2.24) is 4.98 Å². The number of aromatic nitrogens is 1. The molecule has 1 aliphatic carbocycles. The molecule has 4 nitrogen and oxygen atoms in total. The normalized spacial score (nSPS) is 13.7. The van der Waals surface area contributed by atoms with Gasteiger partial charge < -0.3 is 10.0 Å². The van der Waals surface area contributed by atoms with Crippen LogP contribution < -0.4 is 4.90 Å². The van der Waals surface area contributed by atoms with E-state index in [0.717, 1.165) is 59.2 Å². The Labute approximate surface area is 169 Å². The molecule has 0 unspecified atom stereocenters. The van der Waals surface area contributed by atoms with Crippen molar-refractivity contribution >= 4 is 34.0 Å². The summed E-state index contributed by atoms with van der Waals surface area (Å²) in [5, 5.41) is 11.0. The van der Waals surface area contributed by atoms with Gasteiger partial charge in [-0.1, -0.05) is 23.7 Å². The second-order valence-electron chi connectivity index (χ2n) is 7.23. The molecule has 0 atom stereocenters. The van der Waals surface area contributed by atoms with E-state index in [9.17, 15) is 9.90 Å². The Morgan fingerprint density at radius 1 is 1.14 bits per heavy atom. The number of halogens is 1. The molecule has 0 bridgehead atoms. The van der Waals surface area contributed by atoms with Gasteiger partial charge in [-0.15, -0.1) is 0 Å². The number of ketones is 1. The van der Waals surface area contributed by atoms with E-state index in [0.29, 0.717) is 5.02 Å². The zero-order valence-electron chi connectivity index (χ0n) is 16.1. The topological polar surface area (TPSA) is 53.4 Å². The van der Waals surface area contributed by atoms with Crippen LogP contribution in [-0.2, 0) is 0 Å². The van der Waals surface area contributed by atoms with E-state index >= 15 is 0 Å². The Balaban J connectivity index is 1.93. The lowest BCUT2D eigenvalue weighted by molar-refractivity contribution is 0.0968. The first-order valence-corrected chi connectivity index (χ1v) is 10.1. The summed E-state index contributed by atoms with van der Waals surface area (Å²) in [5.74, 6) is 0.413. The highest BCUT2D eigenvalue weighted by Crippen LogP contribution is 2.39. The fourth-order valence-corrected chi connectivity index (χ4v) is 3.85. The van der Waals surface area contributed by atoms with Gasteiger partial charge in [-0.2, -0.15) is 0 Å². The van der Waals surface area contributed by atoms with Crippen molar-refractivity contribution in [1.29, 1.82) is 0 Å². The van der Waals surface area contributed by atoms with Gasteiger partial charge in [-0.3, -0.25) is 9.78 Å². The van der Waals surface area contributed by atoms with E-state index in [1.165, 1.54) is 0 Å². The van der Waals surface area contributed by atoms with Crippen LogP contribution in [0.15, 0.2) is 42.6 Å². The summed E-state index contributed by atoms with van der Waals surface area (Å²) in [6, 6.07) is 11.2. The van der Waals surface area contributed by atoms with E-state index in [1.807, 2.05) is 18.2 Å². The number of rotatable bonds is 6. The molecule has 0 saturated heterocycles. The third kappa shape index (κ3) is 3.33. The average Bonchev–Trinajstić information content (AvgIpc) is 3.55. The molecule has 0 radical (unpaired) electrons. The SMILES string of the molecule is CCN(CC)c1c(C(=O)C2CC2)cnc2ccc(-c3ccc(O)c(Cl)c3)cc12. The van der Waals surface area contributed by atoms with Crippen LogP contribution in [0, 0.1) is 5.92 Å². The highest BCUT2D eigenvalue weighted by Gasteiger charge is 2.33. The quantitative estimate of drug-likeness (QED) is 0.545. The molecule has 1 aliphatic rings. The molecular formula is C23H23ClN2O2. The maximum Gasteiger partial charge on any atom is 0.169 e. The van der Waals surface area contributed by atoms with Crippen molar-refractivity contribution in [2.75, 3.05) is 18.0 Å². The fourth-order valence-electron chi connectivity index (χ4n) is 3.67. The molecule has 3 aromatic rings. The number of hydrogen-bond acceptors (Lipinski definition) is 4. The molecule has 28 heavy (non-hydrogen) atoms. The number of carbonyl (C=O) groups excluding carboxylic acids is 1. The lowest BCUT2D eigenvalue weighted by Crippen LogP contribution is -2.25. The van der Waals surface area contributed by atoms with Crippen LogP contribution in [0.4, 0.5) is 5.69 Å². The summed E-state index contributed by atoms with van der Waals surface area (Å²) in [4.78, 5) is 19.7. The second-order valence-corrected chi connectivity index (χ2v) is 7.64. The first kappa shape index (κ1) is 18.8. The number of hydrogen-bond donors (Lipinski definition) is 1. The van der Waals surface area contributed by atoms with Gasteiger partial charge >= 0.3 is 0 Å². The Kier molecular flexibility index (Phi) is 4.98. The Morgan fingerprint density at radius 2 is 1.82 bits per heavy atom. The third-order valence-electron chi connectivity index (χ3n) is 5.41. The van der Waals surface area contributed by atoms with Crippen molar-refractivity contribution in [3.05, 3.63) is 53.2 Å². The van der Waals surface area contributed by atoms with Gasteiger partial charge in [0.2, 0.25) is 0 Å². The fraction of sp³-hybridized carbons (Fsp3) is 0.304. The number of pyridine rings is 1. The standard InChI is InChI=1S/C23H23ClN2O2/c1-3-26(4-2)22-17-11-15(16-8-10-21(27)19(24)12-16)7-9-20(17)25-13-18(22)23(28)14-5-6-14/h7-14,27H,3-6H2,1-2H3. The number of anilines is 1.